The molecule has 1 saturated heterocycles. The third-order valence-corrected chi connectivity index (χ3v) is 3.83. The average molecular weight is 335 g/mol. The first-order valence-corrected chi connectivity index (χ1v) is 7.32. The molecule has 1 aromatic rings. The van der Waals surface area contributed by atoms with Crippen molar-refractivity contribution in [1.82, 2.24) is 10.2 Å². The molecule has 122 valence electrons. The monoisotopic (exact) mass is 334 g/mol. The molecular formula is C16H28Cl2N2O. The van der Waals surface area contributed by atoms with E-state index in [1.54, 1.807) is 0 Å². The first kappa shape index (κ1) is 20.5. The Labute approximate surface area is 140 Å². The van der Waals surface area contributed by atoms with E-state index in [0.29, 0.717) is 17.7 Å². The molecule has 0 aliphatic carbocycles. The highest BCUT2D eigenvalue weighted by molar-refractivity contribution is 5.85. The number of hydrogen-bond donors (Lipinski definition) is 2. The second-order valence-corrected chi connectivity index (χ2v) is 5.99. The maximum atomic E-state index is 10.3. The van der Waals surface area contributed by atoms with Crippen molar-refractivity contribution in [2.24, 2.45) is 5.92 Å². The Bertz CT molecular complexity index is 421. The van der Waals surface area contributed by atoms with Gasteiger partial charge in [-0.05, 0) is 30.9 Å². The van der Waals surface area contributed by atoms with Gasteiger partial charge in [0.15, 0.2) is 0 Å². The van der Waals surface area contributed by atoms with Crippen molar-refractivity contribution in [2.45, 2.75) is 33.2 Å². The smallest absolute Gasteiger partial charge is 0.120 e. The van der Waals surface area contributed by atoms with Crippen LogP contribution in [-0.4, -0.2) is 36.2 Å². The molecule has 5 heteroatoms. The quantitative estimate of drug-likeness (QED) is 0.883. The molecule has 1 heterocycles. The maximum Gasteiger partial charge on any atom is 0.120 e. The van der Waals surface area contributed by atoms with Crippen molar-refractivity contribution in [3.05, 3.63) is 29.3 Å². The summed E-state index contributed by atoms with van der Waals surface area (Å²) < 4.78 is 0. The Kier molecular flexibility index (Phi) is 9.30. The summed E-state index contributed by atoms with van der Waals surface area (Å²) in [4.78, 5) is 2.50. The molecule has 0 aromatic heterocycles. The molecule has 0 saturated carbocycles. The number of benzene rings is 1. The third kappa shape index (κ3) is 5.67. The van der Waals surface area contributed by atoms with Crippen LogP contribution in [0, 0.1) is 12.8 Å². The molecular weight excluding hydrogens is 307 g/mol. The highest BCUT2D eigenvalue weighted by Crippen LogP contribution is 2.34. The largest absolute Gasteiger partial charge is 0.508 e. The summed E-state index contributed by atoms with van der Waals surface area (Å²) in [7, 11) is 0. The summed E-state index contributed by atoms with van der Waals surface area (Å²) in [5.41, 5.74) is 2.20. The van der Waals surface area contributed by atoms with Gasteiger partial charge in [-0.3, -0.25) is 4.90 Å². The minimum absolute atomic E-state index is 0. The van der Waals surface area contributed by atoms with E-state index in [2.05, 4.69) is 36.2 Å². The van der Waals surface area contributed by atoms with Crippen molar-refractivity contribution in [1.29, 1.82) is 0 Å². The van der Waals surface area contributed by atoms with Gasteiger partial charge in [0.2, 0.25) is 0 Å². The third-order valence-electron chi connectivity index (χ3n) is 3.83. The zero-order valence-corrected chi connectivity index (χ0v) is 14.8. The molecule has 21 heavy (non-hydrogen) atoms. The van der Waals surface area contributed by atoms with E-state index < -0.39 is 0 Å². The van der Waals surface area contributed by atoms with Crippen molar-refractivity contribution < 1.29 is 5.11 Å². The summed E-state index contributed by atoms with van der Waals surface area (Å²) >= 11 is 0. The SMILES string of the molecule is Cc1ccc([C@@H](CC(C)C)N2CCNCC2)c(O)c1.Cl.Cl. The van der Waals surface area contributed by atoms with Crippen LogP contribution in [0.25, 0.3) is 0 Å². The van der Waals surface area contributed by atoms with Crippen LogP contribution >= 0.6 is 24.8 Å². The lowest BCUT2D eigenvalue weighted by Crippen LogP contribution is -2.45. The Balaban J connectivity index is 0.00000200. The number of rotatable bonds is 4. The molecule has 2 N–H and O–H groups in total. The van der Waals surface area contributed by atoms with Gasteiger partial charge >= 0.3 is 0 Å². The summed E-state index contributed by atoms with van der Waals surface area (Å²) in [6.07, 6.45) is 1.09. The Morgan fingerprint density at radius 1 is 1.19 bits per heavy atom. The van der Waals surface area contributed by atoms with Gasteiger partial charge in [-0.25, -0.2) is 0 Å². The van der Waals surface area contributed by atoms with Gasteiger partial charge in [0.25, 0.3) is 0 Å². The van der Waals surface area contributed by atoms with E-state index in [0.717, 1.165) is 43.7 Å². The minimum Gasteiger partial charge on any atom is -0.508 e. The molecule has 0 spiro atoms. The molecule has 1 fully saturated rings. The van der Waals surface area contributed by atoms with Crippen LogP contribution in [0.2, 0.25) is 0 Å². The van der Waals surface area contributed by atoms with E-state index >= 15 is 0 Å². The molecule has 0 bridgehead atoms. The van der Waals surface area contributed by atoms with Crippen LogP contribution in [-0.2, 0) is 0 Å². The molecule has 0 unspecified atom stereocenters. The highest BCUT2D eigenvalue weighted by Gasteiger charge is 2.25. The number of halogens is 2. The first-order valence-electron chi connectivity index (χ1n) is 7.32. The van der Waals surface area contributed by atoms with Gasteiger partial charge in [0.1, 0.15) is 5.75 Å². The van der Waals surface area contributed by atoms with Crippen molar-refractivity contribution in [3.8, 4) is 5.75 Å². The minimum atomic E-state index is 0. The van der Waals surface area contributed by atoms with Gasteiger partial charge in [-0.2, -0.15) is 0 Å². The Morgan fingerprint density at radius 2 is 1.81 bits per heavy atom. The summed E-state index contributed by atoms with van der Waals surface area (Å²) in [6.45, 7) is 10.7. The summed E-state index contributed by atoms with van der Waals surface area (Å²) in [5, 5.41) is 13.7. The van der Waals surface area contributed by atoms with Crippen LogP contribution in [0.15, 0.2) is 18.2 Å². The van der Waals surface area contributed by atoms with Crippen molar-refractivity contribution >= 4 is 24.8 Å². The number of aryl methyl sites for hydroxylation is 1. The molecule has 1 aromatic carbocycles. The van der Waals surface area contributed by atoms with E-state index in [-0.39, 0.29) is 24.8 Å². The molecule has 0 radical (unpaired) electrons. The van der Waals surface area contributed by atoms with E-state index in [9.17, 15) is 5.11 Å². The first-order chi connectivity index (χ1) is 9.08. The fourth-order valence-corrected chi connectivity index (χ4v) is 2.85. The number of phenols is 1. The zero-order chi connectivity index (χ0) is 13.8. The van der Waals surface area contributed by atoms with Gasteiger partial charge in [0.05, 0.1) is 0 Å². The van der Waals surface area contributed by atoms with Gasteiger partial charge in [0, 0.05) is 37.8 Å². The second-order valence-electron chi connectivity index (χ2n) is 5.99. The lowest BCUT2D eigenvalue weighted by atomic mass is 9.93. The van der Waals surface area contributed by atoms with E-state index in [1.807, 2.05) is 13.0 Å². The number of aromatic hydroxyl groups is 1. The van der Waals surface area contributed by atoms with Gasteiger partial charge in [-0.15, -0.1) is 24.8 Å². The normalized spacial score (nSPS) is 17.0. The van der Waals surface area contributed by atoms with Crippen molar-refractivity contribution in [3.63, 3.8) is 0 Å². The summed E-state index contributed by atoms with van der Waals surface area (Å²) in [6, 6.07) is 6.41. The van der Waals surface area contributed by atoms with Crippen LogP contribution in [0.5, 0.6) is 5.75 Å². The lowest BCUT2D eigenvalue weighted by Gasteiger charge is -2.36. The van der Waals surface area contributed by atoms with Crippen molar-refractivity contribution in [2.75, 3.05) is 26.2 Å². The Morgan fingerprint density at radius 3 is 2.33 bits per heavy atom. The molecule has 1 aliphatic heterocycles. The number of piperazine rings is 1. The van der Waals surface area contributed by atoms with E-state index in [1.165, 1.54) is 0 Å². The van der Waals surface area contributed by atoms with Crippen LogP contribution in [0.4, 0.5) is 0 Å². The van der Waals surface area contributed by atoms with E-state index in [4.69, 9.17) is 0 Å². The number of phenolic OH excluding ortho intramolecular Hbond substituents is 1. The van der Waals surface area contributed by atoms with Crippen LogP contribution in [0.1, 0.15) is 37.4 Å². The van der Waals surface area contributed by atoms with Crippen LogP contribution in [0.3, 0.4) is 0 Å². The fourth-order valence-electron chi connectivity index (χ4n) is 2.85. The zero-order valence-electron chi connectivity index (χ0n) is 13.1. The topological polar surface area (TPSA) is 35.5 Å². The van der Waals surface area contributed by atoms with Crippen LogP contribution < -0.4 is 5.32 Å². The Hall–Kier alpha value is -0.480. The molecule has 1 aliphatic rings. The van der Waals surface area contributed by atoms with Gasteiger partial charge < -0.3 is 10.4 Å². The molecule has 1 atom stereocenters. The predicted octanol–water partition coefficient (Wildman–Crippen LogP) is 3.54. The fraction of sp³-hybridized carbons (Fsp3) is 0.625. The lowest BCUT2D eigenvalue weighted by molar-refractivity contribution is 0.151. The highest BCUT2D eigenvalue weighted by atomic mass is 35.5. The molecule has 2 rings (SSSR count). The van der Waals surface area contributed by atoms with Gasteiger partial charge in [-0.1, -0.05) is 26.0 Å². The number of nitrogens with one attached hydrogen (secondary N) is 1. The molecule has 3 nitrogen and oxygen atoms in total. The second kappa shape index (κ2) is 9.52. The summed E-state index contributed by atoms with van der Waals surface area (Å²) in [5.74, 6) is 1.07. The molecule has 0 amide bonds. The standard InChI is InChI=1S/C16H26N2O.2ClH/c1-12(2)10-15(18-8-6-17-7-9-18)14-5-4-13(3)11-16(14)19;;/h4-5,11-12,15,17,19H,6-10H2,1-3H3;2*1H/t15-;;/m1../s1. The number of nitrogens with zero attached hydrogens (tertiary/aromatic N) is 1. The number of hydrogen-bond acceptors (Lipinski definition) is 3. The maximum absolute atomic E-state index is 10.3. The predicted molar refractivity (Wildman–Crippen MR) is 94.0 cm³/mol. The average Bonchev–Trinajstić information content (AvgIpc) is 2.37.